The van der Waals surface area contributed by atoms with Crippen molar-refractivity contribution in [3.63, 3.8) is 0 Å². The van der Waals surface area contributed by atoms with Crippen molar-refractivity contribution in [1.29, 1.82) is 0 Å². The number of benzene rings is 8. The van der Waals surface area contributed by atoms with Gasteiger partial charge in [-0.3, -0.25) is 0 Å². The number of aromatic nitrogens is 3. The summed E-state index contributed by atoms with van der Waals surface area (Å²) in [5.74, 6) is 0. The van der Waals surface area contributed by atoms with Gasteiger partial charge in [-0.15, -0.1) is 0 Å². The van der Waals surface area contributed by atoms with Gasteiger partial charge in [0.25, 0.3) is 0 Å². The van der Waals surface area contributed by atoms with Crippen LogP contribution in [0.4, 0.5) is 5.69 Å². The number of para-hydroxylation sites is 4. The predicted octanol–water partition coefficient (Wildman–Crippen LogP) is 12.4. The van der Waals surface area contributed by atoms with Crippen LogP contribution < -0.4 is 5.32 Å². The van der Waals surface area contributed by atoms with E-state index in [9.17, 15) is 0 Å². The molecular formula is C50H33N5. The molecule has 1 aliphatic rings. The van der Waals surface area contributed by atoms with Gasteiger partial charge in [0.15, 0.2) is 0 Å². The molecule has 11 aromatic rings. The maximum absolute atomic E-state index is 5.69. The number of anilines is 1. The van der Waals surface area contributed by atoms with Crippen molar-refractivity contribution in [2.75, 3.05) is 5.32 Å². The molecule has 55 heavy (non-hydrogen) atoms. The molecule has 0 amide bonds. The first-order valence-electron chi connectivity index (χ1n) is 18.8. The molecule has 0 aliphatic carbocycles. The van der Waals surface area contributed by atoms with Gasteiger partial charge in [0, 0.05) is 61.3 Å². The molecule has 4 heterocycles. The number of hydrogen-bond donors (Lipinski definition) is 1. The van der Waals surface area contributed by atoms with Crippen molar-refractivity contribution in [3.8, 4) is 11.4 Å². The van der Waals surface area contributed by atoms with Gasteiger partial charge in [-0.1, -0.05) is 115 Å². The van der Waals surface area contributed by atoms with Gasteiger partial charge in [-0.25, -0.2) is 4.99 Å². The Kier molecular flexibility index (Phi) is 6.33. The van der Waals surface area contributed by atoms with Gasteiger partial charge in [-0.05, 0) is 77.5 Å². The van der Waals surface area contributed by atoms with Crippen LogP contribution in [0.2, 0.25) is 0 Å². The maximum atomic E-state index is 5.69. The van der Waals surface area contributed by atoms with Crippen LogP contribution in [0.5, 0.6) is 0 Å². The highest BCUT2D eigenvalue weighted by Crippen LogP contribution is 2.43. The van der Waals surface area contributed by atoms with E-state index in [1.54, 1.807) is 0 Å². The van der Waals surface area contributed by atoms with Gasteiger partial charge >= 0.3 is 0 Å². The van der Waals surface area contributed by atoms with Gasteiger partial charge in [0.2, 0.25) is 6.29 Å². The SMILES string of the molecule is c1ccc(-n2ccc3c2ccc2c4c5ccccc5ccc4n(C4N=C(c5ccc6c(c5)c5ccccc5n6-c5ccccc5)c5ccccc5N4)c23)cc1. The molecule has 0 saturated heterocycles. The topological polar surface area (TPSA) is 39.2 Å². The molecule has 8 aromatic carbocycles. The van der Waals surface area contributed by atoms with Crippen LogP contribution in [0.3, 0.4) is 0 Å². The van der Waals surface area contributed by atoms with E-state index < -0.39 is 6.29 Å². The average Bonchev–Trinajstić information content (AvgIpc) is 3.94. The number of aliphatic imine (C=N–C) groups is 1. The second-order valence-electron chi connectivity index (χ2n) is 14.4. The summed E-state index contributed by atoms with van der Waals surface area (Å²) in [6, 6.07) is 65.5. The number of rotatable bonds is 4. The third kappa shape index (κ3) is 4.38. The van der Waals surface area contributed by atoms with Crippen LogP contribution >= 0.6 is 0 Å². The van der Waals surface area contributed by atoms with Crippen LogP contribution in [0.25, 0.3) is 76.7 Å². The van der Waals surface area contributed by atoms with Crippen molar-refractivity contribution < 1.29 is 0 Å². The van der Waals surface area contributed by atoms with Crippen molar-refractivity contribution in [2.24, 2.45) is 4.99 Å². The Hall–Kier alpha value is -7.37. The molecule has 1 atom stereocenters. The zero-order valence-corrected chi connectivity index (χ0v) is 29.8. The summed E-state index contributed by atoms with van der Waals surface area (Å²) >= 11 is 0. The third-order valence-corrected chi connectivity index (χ3v) is 11.5. The van der Waals surface area contributed by atoms with E-state index in [4.69, 9.17) is 4.99 Å². The van der Waals surface area contributed by atoms with Crippen molar-refractivity contribution >= 4 is 76.7 Å². The summed E-state index contributed by atoms with van der Waals surface area (Å²) in [5.41, 5.74) is 12.4. The fraction of sp³-hybridized carbons (Fsp3) is 0.0200. The zero-order chi connectivity index (χ0) is 36.0. The van der Waals surface area contributed by atoms with Gasteiger partial charge in [-0.2, -0.15) is 0 Å². The van der Waals surface area contributed by atoms with Crippen LogP contribution in [0.1, 0.15) is 17.4 Å². The van der Waals surface area contributed by atoms with E-state index in [0.29, 0.717) is 0 Å². The van der Waals surface area contributed by atoms with E-state index in [-0.39, 0.29) is 0 Å². The van der Waals surface area contributed by atoms with Gasteiger partial charge in [0.05, 0.1) is 33.3 Å². The van der Waals surface area contributed by atoms with Gasteiger partial charge < -0.3 is 19.0 Å². The molecule has 12 rings (SSSR count). The highest BCUT2D eigenvalue weighted by Gasteiger charge is 2.28. The number of hydrogen-bond acceptors (Lipinski definition) is 2. The fourth-order valence-corrected chi connectivity index (χ4v) is 9.10. The maximum Gasteiger partial charge on any atom is 0.201 e. The lowest BCUT2D eigenvalue weighted by atomic mass is 9.97. The lowest BCUT2D eigenvalue weighted by Crippen LogP contribution is -2.24. The number of fused-ring (bicyclic) bond motifs is 11. The summed E-state index contributed by atoms with van der Waals surface area (Å²) in [6.07, 6.45) is 1.79. The highest BCUT2D eigenvalue weighted by molar-refractivity contribution is 6.26. The van der Waals surface area contributed by atoms with Crippen LogP contribution in [0, 0.1) is 0 Å². The Morgan fingerprint density at radius 3 is 2.04 bits per heavy atom. The Balaban J connectivity index is 1.13. The number of nitrogens with zero attached hydrogens (tertiary/aromatic N) is 4. The first kappa shape index (κ1) is 30.1. The Bertz CT molecular complexity index is 3350. The van der Waals surface area contributed by atoms with Crippen LogP contribution in [0.15, 0.2) is 193 Å². The molecule has 0 spiro atoms. The van der Waals surface area contributed by atoms with Crippen molar-refractivity contribution in [1.82, 2.24) is 13.7 Å². The minimum Gasteiger partial charge on any atom is -0.346 e. The summed E-state index contributed by atoms with van der Waals surface area (Å²) in [7, 11) is 0. The monoisotopic (exact) mass is 703 g/mol. The molecule has 1 unspecified atom stereocenters. The van der Waals surface area contributed by atoms with E-state index in [0.717, 1.165) is 44.9 Å². The smallest absolute Gasteiger partial charge is 0.201 e. The molecule has 1 aliphatic heterocycles. The minimum atomic E-state index is -0.405. The molecule has 0 bridgehead atoms. The minimum absolute atomic E-state index is 0.405. The summed E-state index contributed by atoms with van der Waals surface area (Å²) in [5, 5.41) is 12.4. The largest absolute Gasteiger partial charge is 0.346 e. The first-order chi connectivity index (χ1) is 27.3. The molecule has 0 saturated carbocycles. The molecule has 3 aromatic heterocycles. The molecule has 0 fully saturated rings. The lowest BCUT2D eigenvalue weighted by molar-refractivity contribution is 0.626. The van der Waals surface area contributed by atoms with E-state index >= 15 is 0 Å². The quantitative estimate of drug-likeness (QED) is 0.195. The lowest BCUT2D eigenvalue weighted by Gasteiger charge is -2.28. The average molecular weight is 704 g/mol. The molecular weight excluding hydrogens is 671 g/mol. The molecule has 5 heteroatoms. The van der Waals surface area contributed by atoms with Crippen LogP contribution in [-0.2, 0) is 0 Å². The predicted molar refractivity (Wildman–Crippen MR) is 229 cm³/mol. The van der Waals surface area contributed by atoms with Crippen molar-refractivity contribution in [3.05, 3.63) is 199 Å². The summed E-state index contributed by atoms with van der Waals surface area (Å²) in [4.78, 5) is 5.69. The molecule has 0 radical (unpaired) electrons. The molecule has 1 N–H and O–H groups in total. The normalized spacial score (nSPS) is 14.3. The summed E-state index contributed by atoms with van der Waals surface area (Å²) < 4.78 is 7.09. The Morgan fingerprint density at radius 1 is 0.473 bits per heavy atom. The van der Waals surface area contributed by atoms with E-state index in [1.807, 2.05) is 0 Å². The molecule has 5 nitrogen and oxygen atoms in total. The summed E-state index contributed by atoms with van der Waals surface area (Å²) in [6.45, 7) is 0. The zero-order valence-electron chi connectivity index (χ0n) is 29.8. The van der Waals surface area contributed by atoms with E-state index in [2.05, 4.69) is 207 Å². The van der Waals surface area contributed by atoms with E-state index in [1.165, 1.54) is 54.3 Å². The third-order valence-electron chi connectivity index (χ3n) is 11.5. The highest BCUT2D eigenvalue weighted by atomic mass is 15.3. The van der Waals surface area contributed by atoms with Crippen molar-refractivity contribution in [2.45, 2.75) is 6.29 Å². The second kappa shape index (κ2) is 11.6. The Labute approximate surface area is 316 Å². The molecule has 258 valence electrons. The fourth-order valence-electron chi connectivity index (χ4n) is 9.10. The van der Waals surface area contributed by atoms with Crippen LogP contribution in [-0.4, -0.2) is 19.4 Å². The first-order valence-corrected chi connectivity index (χ1v) is 18.8. The van der Waals surface area contributed by atoms with Gasteiger partial charge in [0.1, 0.15) is 0 Å². The number of nitrogens with one attached hydrogen (secondary N) is 1. The second-order valence-corrected chi connectivity index (χ2v) is 14.4. The standard InChI is InChI=1S/C50H33N5/c1-3-14-34(15-4-1)53-30-29-39-43(53)28-25-40-47-36-18-8-7-13-32(36)23-27-46(47)55(49(39)40)50-51-42-21-11-9-20-38(42)48(52-50)33-24-26-45-41(31-33)37-19-10-12-22-44(37)54(45)35-16-5-2-6-17-35/h1-31,50-51H. The Morgan fingerprint density at radius 2 is 1.16 bits per heavy atom.